The van der Waals surface area contributed by atoms with Gasteiger partial charge in [0.2, 0.25) is 5.91 Å². The lowest BCUT2D eigenvalue weighted by Crippen LogP contribution is -2.46. The molecule has 1 saturated carbocycles. The summed E-state index contributed by atoms with van der Waals surface area (Å²) in [5.41, 5.74) is 0.283. The van der Waals surface area contributed by atoms with Gasteiger partial charge in [-0.3, -0.25) is 4.79 Å². The van der Waals surface area contributed by atoms with Crippen LogP contribution in [0.4, 0.5) is 0 Å². The van der Waals surface area contributed by atoms with Crippen molar-refractivity contribution in [1.29, 1.82) is 0 Å². The van der Waals surface area contributed by atoms with Gasteiger partial charge in [-0.1, -0.05) is 33.6 Å². The zero-order valence-corrected chi connectivity index (χ0v) is 12.1. The fourth-order valence-electron chi connectivity index (χ4n) is 2.85. The third kappa shape index (κ3) is 4.87. The van der Waals surface area contributed by atoms with Gasteiger partial charge in [-0.05, 0) is 30.6 Å². The number of nitrogens with one attached hydrogen (secondary N) is 1. The van der Waals surface area contributed by atoms with Gasteiger partial charge in [-0.2, -0.15) is 0 Å². The molecule has 0 spiro atoms. The molecule has 0 aromatic heterocycles. The number of amides is 1. The van der Waals surface area contributed by atoms with Crippen LogP contribution in [0, 0.1) is 11.3 Å². The van der Waals surface area contributed by atoms with Crippen molar-refractivity contribution in [1.82, 2.24) is 5.32 Å². The molecule has 0 radical (unpaired) electrons. The Kier molecular flexibility index (Phi) is 5.78. The minimum atomic E-state index is 0.173. The maximum atomic E-state index is 11.8. The highest BCUT2D eigenvalue weighted by atomic mass is 35.5. The lowest BCUT2D eigenvalue weighted by Gasteiger charge is -2.40. The number of rotatable bonds is 4. The summed E-state index contributed by atoms with van der Waals surface area (Å²) in [5.74, 6) is 1.35. The lowest BCUT2D eigenvalue weighted by atomic mass is 9.69. The molecule has 0 aromatic rings. The molecule has 1 amide bonds. The molecule has 100 valence electrons. The molecule has 2 unspecified atom stereocenters. The van der Waals surface area contributed by atoms with Crippen molar-refractivity contribution in [3.05, 3.63) is 0 Å². The van der Waals surface area contributed by atoms with Gasteiger partial charge in [-0.15, -0.1) is 11.6 Å². The van der Waals surface area contributed by atoms with E-state index in [1.165, 1.54) is 19.3 Å². The fourth-order valence-corrected chi connectivity index (χ4v) is 2.98. The largest absolute Gasteiger partial charge is 0.353 e. The van der Waals surface area contributed by atoms with Crippen LogP contribution in [0.5, 0.6) is 0 Å². The van der Waals surface area contributed by atoms with Crippen LogP contribution in [0.3, 0.4) is 0 Å². The second-order valence-corrected chi connectivity index (χ2v) is 6.60. The highest BCUT2D eigenvalue weighted by Crippen LogP contribution is 2.37. The second-order valence-electron chi connectivity index (χ2n) is 6.22. The van der Waals surface area contributed by atoms with E-state index in [0.717, 1.165) is 12.8 Å². The highest BCUT2D eigenvalue weighted by Gasteiger charge is 2.34. The van der Waals surface area contributed by atoms with Crippen LogP contribution in [0.1, 0.15) is 59.3 Å². The molecule has 1 rings (SSSR count). The van der Waals surface area contributed by atoms with E-state index in [1.54, 1.807) is 0 Å². The van der Waals surface area contributed by atoms with Crippen molar-refractivity contribution in [3.8, 4) is 0 Å². The quantitative estimate of drug-likeness (QED) is 0.766. The number of halogens is 1. The van der Waals surface area contributed by atoms with E-state index >= 15 is 0 Å². The first-order valence-corrected chi connectivity index (χ1v) is 7.34. The van der Waals surface area contributed by atoms with E-state index < -0.39 is 0 Å². The molecule has 1 fully saturated rings. The summed E-state index contributed by atoms with van der Waals surface area (Å²) in [5, 5.41) is 3.21. The van der Waals surface area contributed by atoms with Gasteiger partial charge in [-0.25, -0.2) is 0 Å². The fraction of sp³-hybridized carbons (Fsp3) is 0.929. The summed E-state index contributed by atoms with van der Waals surface area (Å²) in [7, 11) is 0. The Labute approximate surface area is 110 Å². The number of carbonyl (C=O) groups excluding carboxylic acids is 1. The topological polar surface area (TPSA) is 29.1 Å². The van der Waals surface area contributed by atoms with Crippen molar-refractivity contribution < 1.29 is 4.79 Å². The number of alkyl halides is 1. The van der Waals surface area contributed by atoms with E-state index in [0.29, 0.717) is 24.3 Å². The number of carbonyl (C=O) groups is 1. The SMILES string of the molecule is CC(C)(C)C1CCCCC1NC(=O)CCCCl. The van der Waals surface area contributed by atoms with Crippen LogP contribution < -0.4 is 5.32 Å². The van der Waals surface area contributed by atoms with Gasteiger partial charge in [0, 0.05) is 18.3 Å². The zero-order chi connectivity index (χ0) is 12.9. The Morgan fingerprint density at radius 1 is 1.29 bits per heavy atom. The van der Waals surface area contributed by atoms with Gasteiger partial charge in [0.05, 0.1) is 0 Å². The van der Waals surface area contributed by atoms with E-state index in [-0.39, 0.29) is 11.3 Å². The molecule has 17 heavy (non-hydrogen) atoms. The van der Waals surface area contributed by atoms with Crippen LogP contribution in [-0.4, -0.2) is 17.8 Å². The number of hydrogen-bond acceptors (Lipinski definition) is 1. The Bertz CT molecular complexity index is 247. The average Bonchev–Trinajstić information content (AvgIpc) is 2.25. The smallest absolute Gasteiger partial charge is 0.220 e. The zero-order valence-electron chi connectivity index (χ0n) is 11.4. The summed E-state index contributed by atoms with van der Waals surface area (Å²) >= 11 is 5.61. The molecule has 0 saturated heterocycles. The first kappa shape index (κ1) is 14.8. The van der Waals surface area contributed by atoms with Crippen molar-refractivity contribution in [2.45, 2.75) is 65.3 Å². The molecule has 0 bridgehead atoms. The molecular formula is C14H26ClNO. The molecule has 0 aromatic carbocycles. The molecule has 1 aliphatic carbocycles. The predicted molar refractivity (Wildman–Crippen MR) is 73.3 cm³/mol. The third-order valence-corrected chi connectivity index (χ3v) is 4.03. The molecule has 2 nitrogen and oxygen atoms in total. The minimum Gasteiger partial charge on any atom is -0.353 e. The second kappa shape index (κ2) is 6.63. The molecule has 0 heterocycles. The summed E-state index contributed by atoms with van der Waals surface area (Å²) < 4.78 is 0. The molecule has 2 atom stereocenters. The van der Waals surface area contributed by atoms with Crippen LogP contribution in [-0.2, 0) is 4.79 Å². The maximum absolute atomic E-state index is 11.8. The minimum absolute atomic E-state index is 0.173. The highest BCUT2D eigenvalue weighted by molar-refractivity contribution is 6.17. The molecule has 0 aliphatic heterocycles. The average molecular weight is 260 g/mol. The van der Waals surface area contributed by atoms with E-state index in [4.69, 9.17) is 11.6 Å². The van der Waals surface area contributed by atoms with E-state index in [9.17, 15) is 4.79 Å². The van der Waals surface area contributed by atoms with Gasteiger partial charge in [0.1, 0.15) is 0 Å². The lowest BCUT2D eigenvalue weighted by molar-refractivity contribution is -0.122. The Balaban J connectivity index is 2.51. The van der Waals surface area contributed by atoms with Crippen LogP contribution >= 0.6 is 11.6 Å². The summed E-state index contributed by atoms with van der Waals surface area (Å²) in [6.45, 7) is 6.84. The van der Waals surface area contributed by atoms with Gasteiger partial charge in [0.15, 0.2) is 0 Å². The van der Waals surface area contributed by atoms with Crippen LogP contribution in [0.25, 0.3) is 0 Å². The molecule has 1 aliphatic rings. The standard InChI is InChI=1S/C14H26ClNO/c1-14(2,3)11-7-4-5-8-12(11)16-13(17)9-6-10-15/h11-12H,4-10H2,1-3H3,(H,16,17). The van der Waals surface area contributed by atoms with Crippen molar-refractivity contribution in [2.75, 3.05) is 5.88 Å². The van der Waals surface area contributed by atoms with Crippen molar-refractivity contribution in [2.24, 2.45) is 11.3 Å². The summed E-state index contributed by atoms with van der Waals surface area (Å²) in [6, 6.07) is 0.367. The monoisotopic (exact) mass is 259 g/mol. The number of hydrogen-bond donors (Lipinski definition) is 1. The van der Waals surface area contributed by atoms with Gasteiger partial charge in [0.25, 0.3) is 0 Å². The Hall–Kier alpha value is -0.240. The van der Waals surface area contributed by atoms with Gasteiger partial charge < -0.3 is 5.32 Å². The first-order chi connectivity index (χ1) is 7.95. The normalized spacial score (nSPS) is 25.6. The van der Waals surface area contributed by atoms with E-state index in [1.807, 2.05) is 0 Å². The molecule has 1 N–H and O–H groups in total. The third-order valence-electron chi connectivity index (χ3n) is 3.76. The molecular weight excluding hydrogens is 234 g/mol. The van der Waals surface area contributed by atoms with Gasteiger partial charge >= 0.3 is 0 Å². The molecule has 3 heteroatoms. The van der Waals surface area contributed by atoms with Crippen LogP contribution in [0.15, 0.2) is 0 Å². The van der Waals surface area contributed by atoms with E-state index in [2.05, 4.69) is 26.1 Å². The maximum Gasteiger partial charge on any atom is 0.220 e. The predicted octanol–water partition coefficient (Wildman–Crippen LogP) is 3.73. The van der Waals surface area contributed by atoms with Crippen LogP contribution in [0.2, 0.25) is 0 Å². The van der Waals surface area contributed by atoms with Crippen molar-refractivity contribution in [3.63, 3.8) is 0 Å². The first-order valence-electron chi connectivity index (χ1n) is 6.80. The summed E-state index contributed by atoms with van der Waals surface area (Å²) in [6.07, 6.45) is 6.26. The Morgan fingerprint density at radius 3 is 2.53 bits per heavy atom. The van der Waals surface area contributed by atoms with Crippen molar-refractivity contribution >= 4 is 17.5 Å². The Morgan fingerprint density at radius 2 is 1.94 bits per heavy atom. The summed E-state index contributed by atoms with van der Waals surface area (Å²) in [4.78, 5) is 11.8.